The first-order valence-electron chi connectivity index (χ1n) is 12.6. The lowest BCUT2D eigenvalue weighted by atomic mass is 9.86. The van der Waals surface area contributed by atoms with Crippen molar-refractivity contribution < 1.29 is 17.9 Å². The fraction of sp³-hybridized carbons (Fsp3) is 0.600. The number of nitrogens with zero attached hydrogens (tertiary/aromatic N) is 1. The van der Waals surface area contributed by atoms with E-state index in [2.05, 4.69) is 32.6 Å². The van der Waals surface area contributed by atoms with E-state index in [0.29, 0.717) is 18.0 Å². The van der Waals surface area contributed by atoms with Gasteiger partial charge in [-0.2, -0.15) is 0 Å². The Bertz CT molecular complexity index is 1170. The van der Waals surface area contributed by atoms with Gasteiger partial charge in [-0.3, -0.25) is 0 Å². The number of sulfonamides is 1. The Morgan fingerprint density at radius 3 is 2.58 bits per heavy atom. The topological polar surface area (TPSA) is 121 Å². The lowest BCUT2D eigenvalue weighted by Gasteiger charge is -2.41. The molecule has 1 aromatic carbocycles. The summed E-state index contributed by atoms with van der Waals surface area (Å²) in [5.41, 5.74) is 1.36. The molecule has 4 rings (SSSR count). The number of hydrogen-bond donors (Lipinski definition) is 4. The van der Waals surface area contributed by atoms with Crippen molar-refractivity contribution in [3.63, 3.8) is 0 Å². The number of carbonyl (C=O) groups is 1. The van der Waals surface area contributed by atoms with Crippen molar-refractivity contribution in [1.29, 1.82) is 0 Å². The molecule has 1 aliphatic heterocycles. The normalized spacial score (nSPS) is 21.6. The van der Waals surface area contributed by atoms with Gasteiger partial charge in [-0.05, 0) is 58.6 Å². The summed E-state index contributed by atoms with van der Waals surface area (Å²) in [6.45, 7) is 9.54. The first-order valence-corrected chi connectivity index (χ1v) is 14.9. The van der Waals surface area contributed by atoms with Crippen molar-refractivity contribution in [3.8, 4) is 10.4 Å². The molecule has 1 aliphatic carbocycles. The molecule has 2 aliphatic rings. The summed E-state index contributed by atoms with van der Waals surface area (Å²) < 4.78 is 34.1. The van der Waals surface area contributed by atoms with Crippen LogP contribution in [0.25, 0.3) is 10.4 Å². The molecule has 198 valence electrons. The van der Waals surface area contributed by atoms with E-state index >= 15 is 0 Å². The van der Waals surface area contributed by atoms with Crippen molar-refractivity contribution in [2.24, 2.45) is 0 Å². The molecule has 2 heterocycles. The molecule has 0 atom stereocenters. The highest BCUT2D eigenvalue weighted by molar-refractivity contribution is 7.89. The molecular formula is C25H37N5O4S2. The third kappa shape index (κ3) is 6.37. The van der Waals surface area contributed by atoms with Gasteiger partial charge < -0.3 is 20.7 Å². The molecule has 2 fully saturated rings. The third-order valence-electron chi connectivity index (χ3n) is 6.61. The fourth-order valence-electron chi connectivity index (χ4n) is 4.73. The van der Waals surface area contributed by atoms with Crippen LogP contribution in [0.5, 0.6) is 0 Å². The summed E-state index contributed by atoms with van der Waals surface area (Å²) >= 11 is 1.55. The molecule has 1 aromatic heterocycles. The van der Waals surface area contributed by atoms with E-state index in [-0.39, 0.29) is 28.7 Å². The maximum absolute atomic E-state index is 13.1. The van der Waals surface area contributed by atoms with Crippen molar-refractivity contribution in [3.05, 3.63) is 29.4 Å². The Morgan fingerprint density at radius 1 is 1.25 bits per heavy atom. The molecule has 0 spiro atoms. The minimum Gasteiger partial charge on any atom is -0.447 e. The van der Waals surface area contributed by atoms with E-state index in [4.69, 9.17) is 4.74 Å². The first-order chi connectivity index (χ1) is 17.1. The van der Waals surface area contributed by atoms with E-state index in [1.165, 1.54) is 0 Å². The number of ether oxygens (including phenoxy) is 1. The summed E-state index contributed by atoms with van der Waals surface area (Å²) in [5, 5.41) is 10.7. The molecule has 1 saturated carbocycles. The van der Waals surface area contributed by atoms with Gasteiger partial charge in [0.15, 0.2) is 0 Å². The van der Waals surface area contributed by atoms with Gasteiger partial charge >= 0.3 is 6.09 Å². The van der Waals surface area contributed by atoms with Gasteiger partial charge in [0.05, 0.1) is 26.4 Å². The maximum Gasteiger partial charge on any atom is 0.407 e. The van der Waals surface area contributed by atoms with Gasteiger partial charge in [0.25, 0.3) is 0 Å². The van der Waals surface area contributed by atoms with Crippen LogP contribution >= 0.6 is 11.3 Å². The van der Waals surface area contributed by atoms with Crippen LogP contribution in [0, 0.1) is 0 Å². The van der Waals surface area contributed by atoms with Gasteiger partial charge in [0, 0.05) is 49.0 Å². The highest BCUT2D eigenvalue weighted by Crippen LogP contribution is 2.40. The largest absolute Gasteiger partial charge is 0.447 e. The van der Waals surface area contributed by atoms with Crippen LogP contribution in [0.4, 0.5) is 10.5 Å². The fourth-order valence-corrected chi connectivity index (χ4v) is 7.21. The average molecular weight is 536 g/mol. The van der Waals surface area contributed by atoms with Crippen molar-refractivity contribution in [1.82, 2.24) is 20.3 Å². The number of thiazole rings is 1. The maximum atomic E-state index is 13.1. The van der Waals surface area contributed by atoms with E-state index in [1.54, 1.807) is 30.5 Å². The van der Waals surface area contributed by atoms with Crippen LogP contribution in [-0.2, 0) is 14.8 Å². The average Bonchev–Trinajstić information content (AvgIpc) is 3.28. The van der Waals surface area contributed by atoms with Crippen LogP contribution < -0.4 is 20.7 Å². The Hall–Kier alpha value is -2.21. The zero-order valence-corrected chi connectivity index (χ0v) is 23.0. The second-order valence-electron chi connectivity index (χ2n) is 10.2. The number of anilines is 1. The van der Waals surface area contributed by atoms with Gasteiger partial charge in [0.2, 0.25) is 10.0 Å². The SMILES string of the molecule is CCNS(=O)(=O)c1cc(NC2(C)CNC2)ccc1-c1cnc([C@H]2CC[C@H](NC(=O)OC(C)C)CC2)s1. The highest BCUT2D eigenvalue weighted by atomic mass is 32.2. The number of alkyl carbamates (subject to hydrolysis) is 1. The quantitative estimate of drug-likeness (QED) is 0.382. The molecule has 1 amide bonds. The number of nitrogens with one attached hydrogen (secondary N) is 4. The Balaban J connectivity index is 1.50. The van der Waals surface area contributed by atoms with E-state index in [9.17, 15) is 13.2 Å². The summed E-state index contributed by atoms with van der Waals surface area (Å²) in [5.74, 6) is 0.295. The van der Waals surface area contributed by atoms with Crippen molar-refractivity contribution in [2.75, 3.05) is 25.0 Å². The second kappa shape index (κ2) is 11.0. The number of rotatable bonds is 9. The molecule has 36 heavy (non-hydrogen) atoms. The molecule has 4 N–H and O–H groups in total. The van der Waals surface area contributed by atoms with E-state index in [0.717, 1.165) is 54.3 Å². The number of aromatic nitrogens is 1. The smallest absolute Gasteiger partial charge is 0.407 e. The predicted octanol–water partition coefficient (Wildman–Crippen LogP) is 4.04. The van der Waals surface area contributed by atoms with Crippen LogP contribution in [0.1, 0.15) is 64.3 Å². The highest BCUT2D eigenvalue weighted by Gasteiger charge is 2.32. The van der Waals surface area contributed by atoms with Gasteiger partial charge in [0.1, 0.15) is 0 Å². The summed E-state index contributed by atoms with van der Waals surface area (Å²) in [6, 6.07) is 5.65. The summed E-state index contributed by atoms with van der Waals surface area (Å²) in [6.07, 6.45) is 4.84. The number of amides is 1. The van der Waals surface area contributed by atoms with Crippen LogP contribution in [0.3, 0.4) is 0 Å². The second-order valence-corrected chi connectivity index (χ2v) is 13.0. The lowest BCUT2D eigenvalue weighted by Crippen LogP contribution is -2.62. The van der Waals surface area contributed by atoms with Crippen LogP contribution in [-0.4, -0.2) is 56.8 Å². The molecule has 2 aromatic rings. The predicted molar refractivity (Wildman–Crippen MR) is 143 cm³/mol. The molecule has 1 saturated heterocycles. The van der Waals surface area contributed by atoms with Crippen molar-refractivity contribution in [2.45, 2.75) is 81.9 Å². The standard InChI is InChI=1S/C25H37N5O4S2/c1-5-28-36(32,33)22-12-19(30-25(4)14-26-15-25)10-11-20(22)21-13-27-23(35-21)17-6-8-18(9-7-17)29-24(31)34-16(2)3/h10-13,16-18,26,28,30H,5-9,14-15H2,1-4H3,(H,29,31)/t17-,18-. The number of hydrogen-bond acceptors (Lipinski definition) is 8. The molecule has 0 unspecified atom stereocenters. The van der Waals surface area contributed by atoms with E-state index < -0.39 is 10.0 Å². The molecule has 11 heteroatoms. The van der Waals surface area contributed by atoms with Crippen LogP contribution in [0.2, 0.25) is 0 Å². The number of benzene rings is 1. The molecule has 0 bridgehead atoms. The van der Waals surface area contributed by atoms with Crippen LogP contribution in [0.15, 0.2) is 29.3 Å². The first kappa shape index (κ1) is 26.8. The number of carbonyl (C=O) groups excluding carboxylic acids is 1. The summed E-state index contributed by atoms with van der Waals surface area (Å²) in [4.78, 5) is 17.7. The van der Waals surface area contributed by atoms with Gasteiger partial charge in [-0.25, -0.2) is 22.9 Å². The lowest BCUT2D eigenvalue weighted by molar-refractivity contribution is 0.109. The molecular weight excluding hydrogens is 498 g/mol. The Labute approximate surface area is 217 Å². The zero-order valence-electron chi connectivity index (χ0n) is 21.4. The zero-order chi connectivity index (χ0) is 25.9. The molecule has 9 nitrogen and oxygen atoms in total. The monoisotopic (exact) mass is 535 g/mol. The van der Waals surface area contributed by atoms with Gasteiger partial charge in [-0.15, -0.1) is 11.3 Å². The minimum absolute atomic E-state index is 0.0857. The van der Waals surface area contributed by atoms with E-state index in [1.807, 2.05) is 26.0 Å². The molecule has 0 radical (unpaired) electrons. The minimum atomic E-state index is -3.68. The third-order valence-corrected chi connectivity index (χ3v) is 9.39. The Kier molecular flexibility index (Phi) is 8.23. The Morgan fingerprint density at radius 2 is 1.97 bits per heavy atom. The van der Waals surface area contributed by atoms with Crippen molar-refractivity contribution >= 4 is 33.1 Å². The van der Waals surface area contributed by atoms with Gasteiger partial charge in [-0.1, -0.05) is 13.0 Å². The summed E-state index contributed by atoms with van der Waals surface area (Å²) in [7, 11) is -3.68.